The zero-order chi connectivity index (χ0) is 8.79. The van der Waals surface area contributed by atoms with Gasteiger partial charge in [-0.2, -0.15) is 0 Å². The lowest BCUT2D eigenvalue weighted by molar-refractivity contribution is -0.252. The van der Waals surface area contributed by atoms with E-state index in [1.165, 1.54) is 12.8 Å². The van der Waals surface area contributed by atoms with Crippen LogP contribution in [0.25, 0.3) is 0 Å². The Labute approximate surface area is 78.6 Å². The molecular weight excluding hydrogens is 164 g/mol. The summed E-state index contributed by atoms with van der Waals surface area (Å²) in [5.74, 6) is 5.22. The molecule has 4 rings (SSSR count). The SMILES string of the molecule is COC1(OC)C2[C@H]3C[C@H]3C1[C@@H]1C[C@H]21. The number of rotatable bonds is 2. The largest absolute Gasteiger partial charge is 0.353 e. The molecule has 0 amide bonds. The van der Waals surface area contributed by atoms with Gasteiger partial charge in [0.1, 0.15) is 0 Å². The fourth-order valence-corrected chi connectivity index (χ4v) is 4.80. The van der Waals surface area contributed by atoms with Crippen molar-refractivity contribution in [2.45, 2.75) is 18.6 Å². The van der Waals surface area contributed by atoms with Crippen molar-refractivity contribution in [3.63, 3.8) is 0 Å². The van der Waals surface area contributed by atoms with Crippen molar-refractivity contribution in [3.05, 3.63) is 0 Å². The van der Waals surface area contributed by atoms with Gasteiger partial charge in [0.05, 0.1) is 0 Å². The van der Waals surface area contributed by atoms with E-state index in [1.807, 2.05) is 14.2 Å². The first kappa shape index (κ1) is 7.24. The lowest BCUT2D eigenvalue weighted by atomic mass is 9.92. The molecule has 4 aliphatic carbocycles. The third-order valence-electron chi connectivity index (χ3n) is 5.19. The van der Waals surface area contributed by atoms with Gasteiger partial charge < -0.3 is 9.47 Å². The van der Waals surface area contributed by atoms with Crippen molar-refractivity contribution in [1.82, 2.24) is 0 Å². The number of fused-ring (bicyclic) bond motifs is 8. The summed E-state index contributed by atoms with van der Waals surface area (Å²) in [7, 11) is 3.66. The minimum atomic E-state index is -0.152. The molecule has 0 aromatic heterocycles. The van der Waals surface area contributed by atoms with Gasteiger partial charge in [0.25, 0.3) is 0 Å². The number of hydrogen-bond donors (Lipinski definition) is 0. The third-order valence-corrected chi connectivity index (χ3v) is 5.19. The minimum Gasteiger partial charge on any atom is -0.353 e. The highest BCUT2D eigenvalue weighted by molar-refractivity contribution is 5.26. The molecule has 4 atom stereocenters. The first-order valence-corrected chi connectivity index (χ1v) is 5.44. The zero-order valence-electron chi connectivity index (χ0n) is 8.19. The molecule has 4 saturated carbocycles. The summed E-state index contributed by atoms with van der Waals surface area (Å²) >= 11 is 0. The van der Waals surface area contributed by atoms with Crippen LogP contribution in [0.3, 0.4) is 0 Å². The van der Waals surface area contributed by atoms with Crippen LogP contribution in [0.2, 0.25) is 0 Å². The molecule has 0 aromatic carbocycles. The monoisotopic (exact) mass is 180 g/mol. The number of ether oxygens (including phenoxy) is 2. The Balaban J connectivity index is 1.81. The van der Waals surface area contributed by atoms with Gasteiger partial charge in [-0.15, -0.1) is 0 Å². The van der Waals surface area contributed by atoms with E-state index in [0.717, 1.165) is 35.5 Å². The van der Waals surface area contributed by atoms with E-state index in [1.54, 1.807) is 0 Å². The van der Waals surface area contributed by atoms with E-state index < -0.39 is 0 Å². The molecule has 0 heterocycles. The molecule has 4 fully saturated rings. The average Bonchev–Trinajstić information content (AvgIpc) is 3.05. The second-order valence-corrected chi connectivity index (χ2v) is 5.31. The summed E-state index contributed by atoms with van der Waals surface area (Å²) in [6.07, 6.45) is 2.94. The Morgan fingerprint density at radius 1 is 0.846 bits per heavy atom. The second-order valence-electron chi connectivity index (χ2n) is 5.31. The van der Waals surface area contributed by atoms with Gasteiger partial charge in [-0.05, 0) is 36.5 Å². The van der Waals surface area contributed by atoms with Gasteiger partial charge in [-0.3, -0.25) is 0 Å². The Kier molecular flexibility index (Phi) is 1.02. The van der Waals surface area contributed by atoms with E-state index in [2.05, 4.69) is 0 Å². The second kappa shape index (κ2) is 1.82. The van der Waals surface area contributed by atoms with Crippen molar-refractivity contribution in [1.29, 1.82) is 0 Å². The predicted molar refractivity (Wildman–Crippen MR) is 46.9 cm³/mol. The average molecular weight is 180 g/mol. The van der Waals surface area contributed by atoms with Gasteiger partial charge in [-0.1, -0.05) is 0 Å². The van der Waals surface area contributed by atoms with Crippen LogP contribution in [0.1, 0.15) is 12.8 Å². The van der Waals surface area contributed by atoms with Crippen molar-refractivity contribution in [2.24, 2.45) is 35.5 Å². The van der Waals surface area contributed by atoms with Crippen molar-refractivity contribution < 1.29 is 9.47 Å². The summed E-state index contributed by atoms with van der Waals surface area (Å²) in [5, 5.41) is 0. The predicted octanol–water partition coefficient (Wildman–Crippen LogP) is 1.51. The van der Waals surface area contributed by atoms with Crippen LogP contribution in [0.15, 0.2) is 0 Å². The molecule has 0 spiro atoms. The molecule has 2 nitrogen and oxygen atoms in total. The van der Waals surface area contributed by atoms with Crippen LogP contribution < -0.4 is 0 Å². The Bertz CT molecular complexity index is 231. The lowest BCUT2D eigenvalue weighted by Gasteiger charge is -2.36. The summed E-state index contributed by atoms with van der Waals surface area (Å²) in [6.45, 7) is 0. The van der Waals surface area contributed by atoms with Crippen LogP contribution in [-0.2, 0) is 9.47 Å². The molecule has 2 bridgehead atoms. The van der Waals surface area contributed by atoms with Gasteiger partial charge in [-0.25, -0.2) is 0 Å². The first-order valence-electron chi connectivity index (χ1n) is 5.44. The summed E-state index contributed by atoms with van der Waals surface area (Å²) in [5.41, 5.74) is 0. The lowest BCUT2D eigenvalue weighted by Crippen LogP contribution is -2.43. The first-order chi connectivity index (χ1) is 6.33. The highest BCUT2D eigenvalue weighted by Crippen LogP contribution is 2.81. The molecule has 0 radical (unpaired) electrons. The highest BCUT2D eigenvalue weighted by Gasteiger charge is 2.82. The topological polar surface area (TPSA) is 18.5 Å². The molecule has 72 valence electrons. The molecule has 0 aliphatic heterocycles. The summed E-state index contributed by atoms with van der Waals surface area (Å²) in [4.78, 5) is 0. The normalized spacial score (nSPS) is 63.2. The quantitative estimate of drug-likeness (QED) is 0.600. The third kappa shape index (κ3) is 0.556. The minimum absolute atomic E-state index is 0.152. The maximum Gasteiger partial charge on any atom is 0.174 e. The number of methoxy groups -OCH3 is 2. The van der Waals surface area contributed by atoms with E-state index in [-0.39, 0.29) is 5.79 Å². The van der Waals surface area contributed by atoms with E-state index in [4.69, 9.17) is 9.47 Å². The summed E-state index contributed by atoms with van der Waals surface area (Å²) in [6, 6.07) is 0. The van der Waals surface area contributed by atoms with E-state index in [0.29, 0.717) is 0 Å². The smallest absolute Gasteiger partial charge is 0.174 e. The molecule has 0 saturated heterocycles. The van der Waals surface area contributed by atoms with Crippen LogP contribution >= 0.6 is 0 Å². The molecule has 2 heteroatoms. The molecule has 0 N–H and O–H groups in total. The standard InChI is InChI=1S/C11H16O2/c1-12-11(13-2)9-5-3-6(5)10(11)8-4-7(8)9/h5-10H,3-4H2,1-2H3/t5-,6+,7-,8+,9?,10?. The van der Waals surface area contributed by atoms with Crippen LogP contribution in [0.4, 0.5) is 0 Å². The Morgan fingerprint density at radius 3 is 1.46 bits per heavy atom. The maximum atomic E-state index is 5.71. The van der Waals surface area contributed by atoms with E-state index >= 15 is 0 Å². The van der Waals surface area contributed by atoms with Crippen molar-refractivity contribution in [3.8, 4) is 0 Å². The molecule has 4 aliphatic rings. The summed E-state index contributed by atoms with van der Waals surface area (Å²) < 4.78 is 11.4. The van der Waals surface area contributed by atoms with Gasteiger partial charge in [0, 0.05) is 26.1 Å². The van der Waals surface area contributed by atoms with Gasteiger partial charge in [0.15, 0.2) is 5.79 Å². The molecule has 13 heavy (non-hydrogen) atoms. The van der Waals surface area contributed by atoms with Crippen LogP contribution in [0.5, 0.6) is 0 Å². The zero-order valence-corrected chi connectivity index (χ0v) is 8.19. The maximum absolute atomic E-state index is 5.71. The van der Waals surface area contributed by atoms with Gasteiger partial charge in [0.2, 0.25) is 0 Å². The molecule has 0 aromatic rings. The van der Waals surface area contributed by atoms with Crippen molar-refractivity contribution in [2.75, 3.05) is 14.2 Å². The van der Waals surface area contributed by atoms with Gasteiger partial charge >= 0.3 is 0 Å². The highest BCUT2D eigenvalue weighted by atomic mass is 16.7. The van der Waals surface area contributed by atoms with E-state index in [9.17, 15) is 0 Å². The molecule has 0 unspecified atom stereocenters. The fourth-order valence-electron chi connectivity index (χ4n) is 4.80. The van der Waals surface area contributed by atoms with Crippen molar-refractivity contribution >= 4 is 0 Å². The van der Waals surface area contributed by atoms with Crippen LogP contribution in [0, 0.1) is 35.5 Å². The Hall–Kier alpha value is -0.0800. The van der Waals surface area contributed by atoms with Crippen LogP contribution in [-0.4, -0.2) is 20.0 Å². The fraction of sp³-hybridized carbons (Fsp3) is 1.00. The molecular formula is C11H16O2. The number of hydrogen-bond acceptors (Lipinski definition) is 2. The Morgan fingerprint density at radius 2 is 1.23 bits per heavy atom.